The van der Waals surface area contributed by atoms with Crippen molar-refractivity contribution in [3.63, 3.8) is 0 Å². The number of benzene rings is 5. The lowest BCUT2D eigenvalue weighted by molar-refractivity contribution is -0.137. The zero-order valence-corrected chi connectivity index (χ0v) is 30.6. The monoisotopic (exact) mass is 710 g/mol. The van der Waals surface area contributed by atoms with E-state index in [-0.39, 0.29) is 11.6 Å². The third-order valence-corrected chi connectivity index (χ3v) is 9.31. The van der Waals surface area contributed by atoms with Crippen molar-refractivity contribution in [2.45, 2.75) is 65.0 Å². The zero-order chi connectivity index (χ0) is 37.2. The van der Waals surface area contributed by atoms with Gasteiger partial charge in [0.15, 0.2) is 0 Å². The summed E-state index contributed by atoms with van der Waals surface area (Å²) in [6, 6.07) is 31.2. The van der Waals surface area contributed by atoms with Crippen LogP contribution < -0.4 is 20.1 Å². The third kappa shape index (κ3) is 9.68. The third-order valence-electron chi connectivity index (χ3n) is 9.31. The van der Waals surface area contributed by atoms with Crippen LogP contribution in [0.2, 0.25) is 0 Å². The fourth-order valence-electron chi connectivity index (χ4n) is 6.41. The Morgan fingerprint density at radius 2 is 1.45 bits per heavy atom. The van der Waals surface area contributed by atoms with Crippen LogP contribution in [0.25, 0.3) is 10.8 Å². The first-order valence-electron chi connectivity index (χ1n) is 18.1. The average Bonchev–Trinajstić information content (AvgIpc) is 3.16. The Hall–Kier alpha value is -5.96. The Balaban J connectivity index is 0.974. The van der Waals surface area contributed by atoms with Gasteiger partial charge in [0.2, 0.25) is 0 Å². The Bertz CT molecular complexity index is 2100. The van der Waals surface area contributed by atoms with E-state index in [1.54, 1.807) is 24.3 Å². The van der Waals surface area contributed by atoms with E-state index in [2.05, 4.69) is 84.6 Å². The van der Waals surface area contributed by atoms with E-state index in [1.807, 2.05) is 36.4 Å². The Labute approximate surface area is 311 Å². The molecule has 2 N–H and O–H groups in total. The summed E-state index contributed by atoms with van der Waals surface area (Å²) in [7, 11) is 0. The molecule has 0 aliphatic carbocycles. The summed E-state index contributed by atoms with van der Waals surface area (Å²) in [5.74, 6) is 0.374. The lowest BCUT2D eigenvalue weighted by Crippen LogP contribution is -2.45. The Morgan fingerprint density at radius 3 is 2.19 bits per heavy atom. The second-order valence-electron chi connectivity index (χ2n) is 13.6. The van der Waals surface area contributed by atoms with Crippen LogP contribution in [-0.4, -0.2) is 30.8 Å². The molecule has 1 aliphatic heterocycles. The van der Waals surface area contributed by atoms with Crippen LogP contribution in [0.5, 0.6) is 11.5 Å². The van der Waals surface area contributed by atoms with Gasteiger partial charge in [-0.3, -0.25) is 0 Å². The van der Waals surface area contributed by atoms with Gasteiger partial charge in [-0.15, -0.1) is 5.11 Å². The van der Waals surface area contributed by atoms with E-state index in [1.165, 1.54) is 11.6 Å². The van der Waals surface area contributed by atoms with Gasteiger partial charge < -0.3 is 24.8 Å². The predicted octanol–water partition coefficient (Wildman–Crippen LogP) is 10.9. The lowest BCUT2D eigenvalue weighted by atomic mass is 9.95. The summed E-state index contributed by atoms with van der Waals surface area (Å²) in [6.45, 7) is 10.7. The highest BCUT2D eigenvalue weighted by Gasteiger charge is 2.30. The summed E-state index contributed by atoms with van der Waals surface area (Å²) in [6.07, 6.45) is 6.42. The number of aryl methyl sites for hydroxylation is 3. The standard InChI is InChI=1S/C44H46N4O5/c1-5-41(49)52-28-9-7-6-8-27-51-34-20-16-33(17-21-34)43(50)53-35-18-14-32(15-19-35)25-26-44(4)45-39-12-10-11-36-38(23-24-40(46-44)42(36)39)48-47-37-22-13-30(2)29-31(37)3/h5,10-24,29,45-46H,1,6-9,25-28H2,2-4H3. The van der Waals surface area contributed by atoms with E-state index < -0.39 is 5.97 Å². The predicted molar refractivity (Wildman–Crippen MR) is 211 cm³/mol. The highest BCUT2D eigenvalue weighted by Crippen LogP contribution is 2.43. The molecule has 1 heterocycles. The number of esters is 2. The summed E-state index contributed by atoms with van der Waals surface area (Å²) in [4.78, 5) is 23.9. The van der Waals surface area contributed by atoms with Crippen molar-refractivity contribution in [3.05, 3.63) is 132 Å². The van der Waals surface area contributed by atoms with Crippen LogP contribution in [0.1, 0.15) is 66.1 Å². The van der Waals surface area contributed by atoms with Crippen molar-refractivity contribution in [3.8, 4) is 11.5 Å². The molecule has 5 aromatic rings. The lowest BCUT2D eigenvalue weighted by Gasteiger charge is -2.39. The second-order valence-corrected chi connectivity index (χ2v) is 13.6. The molecule has 53 heavy (non-hydrogen) atoms. The molecular weight excluding hydrogens is 665 g/mol. The number of unbranched alkanes of at least 4 members (excludes halogenated alkanes) is 3. The zero-order valence-electron chi connectivity index (χ0n) is 30.6. The molecule has 1 aliphatic rings. The molecular formula is C44H46N4O5. The number of carbonyl (C=O) groups is 2. The van der Waals surface area contributed by atoms with Gasteiger partial charge in [0.1, 0.15) is 17.2 Å². The Kier molecular flexibility index (Phi) is 11.8. The number of carbonyl (C=O) groups excluding carboxylic acids is 2. The average molecular weight is 711 g/mol. The van der Waals surface area contributed by atoms with Gasteiger partial charge in [-0.25, -0.2) is 9.59 Å². The van der Waals surface area contributed by atoms with E-state index in [4.69, 9.17) is 14.2 Å². The number of rotatable bonds is 16. The van der Waals surface area contributed by atoms with Gasteiger partial charge in [0, 0.05) is 28.2 Å². The fourth-order valence-corrected chi connectivity index (χ4v) is 6.41. The van der Waals surface area contributed by atoms with Crippen LogP contribution in [0.15, 0.2) is 120 Å². The molecule has 0 radical (unpaired) electrons. The molecule has 0 amide bonds. The quantitative estimate of drug-likeness (QED) is 0.0345. The summed E-state index contributed by atoms with van der Waals surface area (Å²) in [5.41, 5.74) is 7.31. The molecule has 9 nitrogen and oxygen atoms in total. The molecule has 0 saturated heterocycles. The van der Waals surface area contributed by atoms with Crippen molar-refractivity contribution in [2.24, 2.45) is 10.2 Å². The van der Waals surface area contributed by atoms with Crippen molar-refractivity contribution >= 4 is 45.5 Å². The molecule has 1 atom stereocenters. The molecule has 6 rings (SSSR count). The smallest absolute Gasteiger partial charge is 0.343 e. The minimum Gasteiger partial charge on any atom is -0.494 e. The highest BCUT2D eigenvalue weighted by molar-refractivity contribution is 6.09. The van der Waals surface area contributed by atoms with Crippen LogP contribution in [0.4, 0.5) is 22.7 Å². The van der Waals surface area contributed by atoms with Crippen molar-refractivity contribution in [1.82, 2.24) is 0 Å². The van der Waals surface area contributed by atoms with Gasteiger partial charge >= 0.3 is 11.9 Å². The topological polar surface area (TPSA) is 111 Å². The molecule has 0 fully saturated rings. The molecule has 0 aromatic heterocycles. The summed E-state index contributed by atoms with van der Waals surface area (Å²) >= 11 is 0. The van der Waals surface area contributed by atoms with E-state index in [0.29, 0.717) is 30.3 Å². The molecule has 1 unspecified atom stereocenters. The van der Waals surface area contributed by atoms with Crippen LogP contribution in [0.3, 0.4) is 0 Å². The molecule has 0 spiro atoms. The number of anilines is 2. The first-order chi connectivity index (χ1) is 25.7. The largest absolute Gasteiger partial charge is 0.494 e. The number of azo groups is 1. The number of ether oxygens (including phenoxy) is 3. The minimum atomic E-state index is -0.424. The maximum Gasteiger partial charge on any atom is 0.343 e. The number of hydrogen-bond acceptors (Lipinski definition) is 9. The number of nitrogens with zero attached hydrogens (tertiary/aromatic N) is 2. The van der Waals surface area contributed by atoms with Crippen molar-refractivity contribution in [2.75, 3.05) is 23.8 Å². The first-order valence-corrected chi connectivity index (χ1v) is 18.1. The van der Waals surface area contributed by atoms with E-state index in [0.717, 1.165) is 83.2 Å². The van der Waals surface area contributed by atoms with Gasteiger partial charge in [-0.2, -0.15) is 5.11 Å². The summed E-state index contributed by atoms with van der Waals surface area (Å²) < 4.78 is 16.4. The van der Waals surface area contributed by atoms with Crippen molar-refractivity contribution in [1.29, 1.82) is 0 Å². The van der Waals surface area contributed by atoms with Gasteiger partial charge in [0.05, 0.1) is 30.2 Å². The molecule has 272 valence electrons. The maximum atomic E-state index is 12.8. The van der Waals surface area contributed by atoms with E-state index in [9.17, 15) is 9.59 Å². The van der Waals surface area contributed by atoms with Gasteiger partial charge in [0.25, 0.3) is 0 Å². The minimum absolute atomic E-state index is 0.381. The first kappa shape index (κ1) is 36.8. The fraction of sp³-hybridized carbons (Fsp3) is 0.273. The number of hydrogen-bond donors (Lipinski definition) is 2. The molecule has 5 aromatic carbocycles. The molecule has 9 heteroatoms. The highest BCUT2D eigenvalue weighted by atomic mass is 16.5. The van der Waals surface area contributed by atoms with Crippen LogP contribution in [-0.2, 0) is 16.0 Å². The van der Waals surface area contributed by atoms with E-state index >= 15 is 0 Å². The van der Waals surface area contributed by atoms with Gasteiger partial charge in [-0.1, -0.05) is 48.5 Å². The Morgan fingerprint density at radius 1 is 0.774 bits per heavy atom. The summed E-state index contributed by atoms with van der Waals surface area (Å²) in [5, 5.41) is 18.8. The SMILES string of the molecule is C=CC(=O)OCCCCCCOc1ccc(C(=O)Oc2ccc(CCC3(C)Nc4cccc5c(N=Nc6ccc(C)cc6C)ccc(c45)N3)cc2)cc1. The molecule has 0 bridgehead atoms. The second kappa shape index (κ2) is 17.0. The van der Waals surface area contributed by atoms with Crippen LogP contribution in [0, 0.1) is 13.8 Å². The van der Waals surface area contributed by atoms with Crippen molar-refractivity contribution < 1.29 is 23.8 Å². The molecule has 0 saturated carbocycles. The number of nitrogens with one attached hydrogen (secondary N) is 2. The van der Waals surface area contributed by atoms with Crippen LogP contribution >= 0.6 is 0 Å². The maximum absolute atomic E-state index is 12.8. The normalized spacial score (nSPS) is 14.7. The van der Waals surface area contributed by atoms with Gasteiger partial charge in [-0.05, 0) is 131 Å².